The molecule has 1 amide bonds. The van der Waals surface area contributed by atoms with Crippen molar-refractivity contribution < 1.29 is 23.1 Å². The molecular weight excluding hydrogens is 330 g/mol. The highest BCUT2D eigenvalue weighted by atomic mass is 32.2. The fourth-order valence-corrected chi connectivity index (χ4v) is 3.89. The van der Waals surface area contributed by atoms with Crippen LogP contribution in [0.4, 0.5) is 0 Å². The van der Waals surface area contributed by atoms with Crippen molar-refractivity contribution in [2.45, 2.75) is 50.0 Å². The lowest BCUT2D eigenvalue weighted by atomic mass is 9.94. The first-order valence-electron chi connectivity index (χ1n) is 8.21. The molecule has 0 radical (unpaired) electrons. The van der Waals surface area contributed by atoms with E-state index in [9.17, 15) is 23.1 Å². The molecule has 1 saturated carbocycles. The molecular formula is C17H23NO5S. The number of rotatable bonds is 5. The molecule has 7 heteroatoms. The highest BCUT2D eigenvalue weighted by Gasteiger charge is 2.30. The van der Waals surface area contributed by atoms with Gasteiger partial charge in [-0.1, -0.05) is 26.2 Å². The Morgan fingerprint density at radius 1 is 1.12 bits per heavy atom. The molecule has 1 aliphatic carbocycles. The van der Waals surface area contributed by atoms with Crippen molar-refractivity contribution in [3.05, 3.63) is 29.8 Å². The summed E-state index contributed by atoms with van der Waals surface area (Å²) in [6.45, 7) is 1.56. The topological polar surface area (TPSA) is 101 Å². The first-order valence-corrected chi connectivity index (χ1v) is 9.87. The average molecular weight is 353 g/mol. The molecule has 2 atom stereocenters. The van der Waals surface area contributed by atoms with E-state index in [1.54, 1.807) is 6.92 Å². The van der Waals surface area contributed by atoms with Gasteiger partial charge in [-0.3, -0.25) is 9.59 Å². The number of carbonyl (C=O) groups excluding carboxylic acids is 1. The van der Waals surface area contributed by atoms with Gasteiger partial charge in [0.15, 0.2) is 9.84 Å². The summed E-state index contributed by atoms with van der Waals surface area (Å²) in [6, 6.07) is 5.36. The van der Waals surface area contributed by atoms with Crippen LogP contribution >= 0.6 is 0 Å². The van der Waals surface area contributed by atoms with Crippen LogP contribution in [0, 0.1) is 5.92 Å². The quantitative estimate of drug-likeness (QED) is 0.791. The van der Waals surface area contributed by atoms with E-state index in [0.29, 0.717) is 18.4 Å². The van der Waals surface area contributed by atoms with Gasteiger partial charge in [0.05, 0.1) is 16.6 Å². The van der Waals surface area contributed by atoms with Crippen LogP contribution in [-0.4, -0.2) is 37.2 Å². The Kier molecular flexibility index (Phi) is 5.99. The summed E-state index contributed by atoms with van der Waals surface area (Å²) in [4.78, 5) is 24.0. The Morgan fingerprint density at radius 3 is 2.33 bits per heavy atom. The maximum absolute atomic E-state index is 12.4. The van der Waals surface area contributed by atoms with Crippen LogP contribution in [0.25, 0.3) is 0 Å². The van der Waals surface area contributed by atoms with Crippen molar-refractivity contribution in [1.82, 2.24) is 5.32 Å². The van der Waals surface area contributed by atoms with Crippen molar-refractivity contribution in [3.8, 4) is 0 Å². The summed E-state index contributed by atoms with van der Waals surface area (Å²) in [5.41, 5.74) is 0.332. The first kappa shape index (κ1) is 18.4. The smallest absolute Gasteiger partial charge is 0.308 e. The zero-order valence-corrected chi connectivity index (χ0v) is 14.5. The number of carboxylic acids is 1. The molecule has 1 aliphatic rings. The lowest BCUT2D eigenvalue weighted by Gasteiger charge is -2.23. The molecule has 0 spiro atoms. The molecule has 0 saturated heterocycles. The number of hydrogen-bond donors (Lipinski definition) is 2. The number of carboxylic acid groups (broad SMARTS) is 1. The molecule has 1 aromatic rings. The van der Waals surface area contributed by atoms with Gasteiger partial charge >= 0.3 is 5.97 Å². The number of carbonyl (C=O) groups is 2. The van der Waals surface area contributed by atoms with Gasteiger partial charge in [-0.15, -0.1) is 0 Å². The minimum atomic E-state index is -3.30. The molecule has 1 fully saturated rings. The van der Waals surface area contributed by atoms with Gasteiger partial charge in [-0.25, -0.2) is 8.42 Å². The second kappa shape index (κ2) is 7.79. The fraction of sp³-hybridized carbons (Fsp3) is 0.529. The van der Waals surface area contributed by atoms with Gasteiger partial charge in [-0.2, -0.15) is 0 Å². The first-order chi connectivity index (χ1) is 11.3. The molecule has 0 unspecified atom stereocenters. The van der Waals surface area contributed by atoms with Crippen LogP contribution in [0.5, 0.6) is 0 Å². The van der Waals surface area contributed by atoms with E-state index in [2.05, 4.69) is 5.32 Å². The standard InChI is InChI=1S/C17H23NO5S/c1-2-24(22,23)13-10-8-12(9-11-13)16(19)18-15-7-5-3-4-6-14(15)17(20)21/h8-11,14-15H,2-7H2,1H3,(H,18,19)(H,20,21)/t14-,15+/m1/s1. The molecule has 0 heterocycles. The summed E-state index contributed by atoms with van der Waals surface area (Å²) in [6.07, 6.45) is 3.92. The van der Waals surface area contributed by atoms with Gasteiger partial charge in [0, 0.05) is 11.6 Å². The lowest BCUT2D eigenvalue weighted by Crippen LogP contribution is -2.42. The maximum Gasteiger partial charge on any atom is 0.308 e. The highest BCUT2D eigenvalue weighted by molar-refractivity contribution is 7.91. The molecule has 0 aromatic heterocycles. The minimum Gasteiger partial charge on any atom is -0.481 e. The second-order valence-electron chi connectivity index (χ2n) is 6.09. The van der Waals surface area contributed by atoms with Gasteiger partial charge in [0.25, 0.3) is 5.91 Å². The summed E-state index contributed by atoms with van der Waals surface area (Å²) >= 11 is 0. The maximum atomic E-state index is 12.4. The normalized spacial score (nSPS) is 21.7. The monoisotopic (exact) mass is 353 g/mol. The second-order valence-corrected chi connectivity index (χ2v) is 8.37. The number of nitrogens with one attached hydrogen (secondary N) is 1. The molecule has 132 valence electrons. The Hall–Kier alpha value is -1.89. The van der Waals surface area contributed by atoms with Crippen molar-refractivity contribution in [2.24, 2.45) is 5.92 Å². The SMILES string of the molecule is CCS(=O)(=O)c1ccc(C(=O)N[C@H]2CCCCC[C@H]2C(=O)O)cc1. The molecule has 2 N–H and O–H groups in total. The lowest BCUT2D eigenvalue weighted by molar-refractivity contribution is -0.142. The number of amides is 1. The van der Waals surface area contributed by atoms with Crippen molar-refractivity contribution in [3.63, 3.8) is 0 Å². The van der Waals surface area contributed by atoms with E-state index < -0.39 is 27.8 Å². The largest absolute Gasteiger partial charge is 0.481 e. The summed E-state index contributed by atoms with van der Waals surface area (Å²) < 4.78 is 23.6. The number of benzene rings is 1. The summed E-state index contributed by atoms with van der Waals surface area (Å²) in [5.74, 6) is -1.82. The fourth-order valence-electron chi connectivity index (χ4n) is 3.01. The van der Waals surface area contributed by atoms with E-state index in [1.807, 2.05) is 0 Å². The Morgan fingerprint density at radius 2 is 1.75 bits per heavy atom. The van der Waals surface area contributed by atoms with Crippen LogP contribution in [-0.2, 0) is 14.6 Å². The van der Waals surface area contributed by atoms with E-state index in [1.165, 1.54) is 24.3 Å². The number of hydrogen-bond acceptors (Lipinski definition) is 4. The van der Waals surface area contributed by atoms with Crippen LogP contribution < -0.4 is 5.32 Å². The molecule has 0 aliphatic heterocycles. The van der Waals surface area contributed by atoms with Crippen molar-refractivity contribution in [1.29, 1.82) is 0 Å². The van der Waals surface area contributed by atoms with Crippen molar-refractivity contribution >= 4 is 21.7 Å². The van der Waals surface area contributed by atoms with Crippen LogP contribution in [0.15, 0.2) is 29.2 Å². The third-order valence-electron chi connectivity index (χ3n) is 4.51. The van der Waals surface area contributed by atoms with Crippen LogP contribution in [0.1, 0.15) is 49.4 Å². The average Bonchev–Trinajstić information content (AvgIpc) is 2.80. The van der Waals surface area contributed by atoms with Crippen LogP contribution in [0.3, 0.4) is 0 Å². The van der Waals surface area contributed by atoms with Gasteiger partial charge in [-0.05, 0) is 37.1 Å². The van der Waals surface area contributed by atoms with Crippen LogP contribution in [0.2, 0.25) is 0 Å². The molecule has 0 bridgehead atoms. The summed E-state index contributed by atoms with van der Waals surface area (Å²) in [5, 5.41) is 12.2. The summed E-state index contributed by atoms with van der Waals surface area (Å²) in [7, 11) is -3.30. The predicted octanol–water partition coefficient (Wildman–Crippen LogP) is 2.24. The van der Waals surface area contributed by atoms with E-state index in [0.717, 1.165) is 19.3 Å². The highest BCUT2D eigenvalue weighted by Crippen LogP contribution is 2.24. The van der Waals surface area contributed by atoms with E-state index >= 15 is 0 Å². The molecule has 24 heavy (non-hydrogen) atoms. The third-order valence-corrected chi connectivity index (χ3v) is 6.26. The zero-order valence-electron chi connectivity index (χ0n) is 13.7. The Labute approximate surface area is 142 Å². The molecule has 1 aromatic carbocycles. The zero-order chi connectivity index (χ0) is 17.7. The van der Waals surface area contributed by atoms with Gasteiger partial charge < -0.3 is 10.4 Å². The third kappa shape index (κ3) is 4.35. The Bertz CT molecular complexity index is 696. The minimum absolute atomic E-state index is 0.000902. The van der Waals surface area contributed by atoms with Gasteiger partial charge in [0.1, 0.15) is 0 Å². The Balaban J connectivity index is 2.12. The van der Waals surface area contributed by atoms with Gasteiger partial charge in [0.2, 0.25) is 0 Å². The molecule has 2 rings (SSSR count). The molecule has 6 nitrogen and oxygen atoms in total. The van der Waals surface area contributed by atoms with E-state index in [-0.39, 0.29) is 16.6 Å². The number of aliphatic carboxylic acids is 1. The number of sulfone groups is 1. The van der Waals surface area contributed by atoms with Crippen molar-refractivity contribution in [2.75, 3.05) is 5.75 Å². The van der Waals surface area contributed by atoms with E-state index in [4.69, 9.17) is 0 Å². The predicted molar refractivity (Wildman–Crippen MR) is 89.6 cm³/mol.